The van der Waals surface area contributed by atoms with Gasteiger partial charge in [-0.05, 0) is 32.0 Å². The first-order valence-corrected chi connectivity index (χ1v) is 6.33. The van der Waals surface area contributed by atoms with Crippen LogP contribution in [0.25, 0.3) is 0 Å². The standard InChI is InChI=1S/C14H22N2O2.ClH/c1-4-12(14(17)16-10-9-15-3)18-13-8-6-5-7-11(13)2;/h5-8,12,15H,4,9-10H2,1-3H3,(H,16,17);1H. The molecule has 0 aliphatic rings. The smallest absolute Gasteiger partial charge is 0.261 e. The fourth-order valence-corrected chi connectivity index (χ4v) is 1.59. The van der Waals surface area contributed by atoms with E-state index >= 15 is 0 Å². The number of aryl methyl sites for hydroxylation is 1. The summed E-state index contributed by atoms with van der Waals surface area (Å²) in [6.45, 7) is 5.29. The van der Waals surface area contributed by atoms with E-state index in [2.05, 4.69) is 10.6 Å². The number of likely N-dealkylation sites (N-methyl/N-ethyl adjacent to an activating group) is 1. The average Bonchev–Trinajstić information content (AvgIpc) is 2.38. The Labute approximate surface area is 121 Å². The van der Waals surface area contributed by atoms with Crippen LogP contribution in [-0.2, 0) is 4.79 Å². The van der Waals surface area contributed by atoms with Crippen molar-refractivity contribution in [3.05, 3.63) is 29.8 Å². The Morgan fingerprint density at radius 3 is 2.58 bits per heavy atom. The van der Waals surface area contributed by atoms with Crippen molar-refractivity contribution in [2.24, 2.45) is 0 Å². The Balaban J connectivity index is 0.00000324. The van der Waals surface area contributed by atoms with Gasteiger partial charge in [0.25, 0.3) is 5.91 Å². The van der Waals surface area contributed by atoms with E-state index in [-0.39, 0.29) is 18.3 Å². The van der Waals surface area contributed by atoms with Crippen LogP contribution in [0.3, 0.4) is 0 Å². The third-order valence-corrected chi connectivity index (χ3v) is 2.70. The number of rotatable bonds is 7. The predicted molar refractivity (Wildman–Crippen MR) is 80.1 cm³/mol. The van der Waals surface area contributed by atoms with Gasteiger partial charge in [0.1, 0.15) is 5.75 Å². The molecule has 0 heterocycles. The molecule has 1 aromatic carbocycles. The second kappa shape index (κ2) is 9.64. The van der Waals surface area contributed by atoms with Gasteiger partial charge in [0.2, 0.25) is 0 Å². The van der Waals surface area contributed by atoms with Gasteiger partial charge in [-0.25, -0.2) is 0 Å². The molecule has 0 saturated carbocycles. The minimum absolute atomic E-state index is 0. The van der Waals surface area contributed by atoms with Gasteiger partial charge in [0, 0.05) is 13.1 Å². The number of hydrogen-bond donors (Lipinski definition) is 2. The van der Waals surface area contributed by atoms with Crippen LogP contribution in [-0.4, -0.2) is 32.1 Å². The number of ether oxygens (including phenoxy) is 1. The van der Waals surface area contributed by atoms with Gasteiger partial charge in [-0.1, -0.05) is 25.1 Å². The first-order chi connectivity index (χ1) is 8.69. The van der Waals surface area contributed by atoms with E-state index in [4.69, 9.17) is 4.74 Å². The number of hydrogen-bond acceptors (Lipinski definition) is 3. The summed E-state index contributed by atoms with van der Waals surface area (Å²) in [7, 11) is 1.85. The Kier molecular flexibility index (Phi) is 9.00. The van der Waals surface area contributed by atoms with Crippen molar-refractivity contribution in [1.29, 1.82) is 0 Å². The maximum Gasteiger partial charge on any atom is 0.261 e. The van der Waals surface area contributed by atoms with Crippen molar-refractivity contribution < 1.29 is 9.53 Å². The van der Waals surface area contributed by atoms with E-state index in [0.29, 0.717) is 13.0 Å². The van der Waals surface area contributed by atoms with Crippen LogP contribution in [0, 0.1) is 6.92 Å². The second-order valence-corrected chi connectivity index (χ2v) is 4.17. The minimum atomic E-state index is -0.428. The van der Waals surface area contributed by atoms with Gasteiger partial charge in [-0.2, -0.15) is 0 Å². The zero-order chi connectivity index (χ0) is 13.4. The summed E-state index contributed by atoms with van der Waals surface area (Å²) in [6.07, 6.45) is 0.225. The highest BCUT2D eigenvalue weighted by molar-refractivity contribution is 5.85. The molecule has 1 unspecified atom stereocenters. The molecule has 0 bridgehead atoms. The number of para-hydroxylation sites is 1. The lowest BCUT2D eigenvalue weighted by Gasteiger charge is -2.18. The highest BCUT2D eigenvalue weighted by Crippen LogP contribution is 2.18. The van der Waals surface area contributed by atoms with E-state index < -0.39 is 6.10 Å². The highest BCUT2D eigenvalue weighted by atomic mass is 35.5. The van der Waals surface area contributed by atoms with Crippen molar-refractivity contribution in [2.45, 2.75) is 26.4 Å². The monoisotopic (exact) mass is 286 g/mol. The summed E-state index contributed by atoms with van der Waals surface area (Å²) in [5, 5.41) is 5.83. The van der Waals surface area contributed by atoms with Crippen molar-refractivity contribution in [1.82, 2.24) is 10.6 Å². The zero-order valence-electron chi connectivity index (χ0n) is 11.7. The second-order valence-electron chi connectivity index (χ2n) is 4.17. The molecule has 1 aromatic rings. The number of benzene rings is 1. The molecule has 0 spiro atoms. The molecule has 19 heavy (non-hydrogen) atoms. The van der Waals surface area contributed by atoms with Crippen LogP contribution in [0.1, 0.15) is 18.9 Å². The van der Waals surface area contributed by atoms with Crippen molar-refractivity contribution >= 4 is 18.3 Å². The Morgan fingerprint density at radius 1 is 1.32 bits per heavy atom. The van der Waals surface area contributed by atoms with Gasteiger partial charge >= 0.3 is 0 Å². The number of halogens is 1. The molecule has 0 aliphatic heterocycles. The Morgan fingerprint density at radius 2 is 2.00 bits per heavy atom. The molecular formula is C14H23ClN2O2. The normalized spacial score (nSPS) is 11.3. The van der Waals surface area contributed by atoms with Crippen LogP contribution < -0.4 is 15.4 Å². The van der Waals surface area contributed by atoms with Crippen LogP contribution in [0.2, 0.25) is 0 Å². The molecule has 0 aliphatic carbocycles. The molecule has 108 valence electrons. The van der Waals surface area contributed by atoms with E-state index in [0.717, 1.165) is 17.9 Å². The Bertz CT molecular complexity index is 385. The quantitative estimate of drug-likeness (QED) is 0.753. The Hall–Kier alpha value is -1.26. The summed E-state index contributed by atoms with van der Waals surface area (Å²) in [5.74, 6) is 0.712. The minimum Gasteiger partial charge on any atom is -0.480 e. The van der Waals surface area contributed by atoms with Crippen molar-refractivity contribution in [3.8, 4) is 5.75 Å². The SMILES string of the molecule is CCC(Oc1ccccc1C)C(=O)NCCNC.Cl. The van der Waals surface area contributed by atoms with Crippen LogP contribution in [0.4, 0.5) is 0 Å². The third kappa shape index (κ3) is 5.94. The number of nitrogens with one attached hydrogen (secondary N) is 2. The van der Waals surface area contributed by atoms with Gasteiger partial charge in [-0.3, -0.25) is 4.79 Å². The number of carbonyl (C=O) groups excluding carboxylic acids is 1. The molecule has 0 saturated heterocycles. The molecule has 0 radical (unpaired) electrons. The first kappa shape index (κ1) is 17.7. The molecule has 0 fully saturated rings. The largest absolute Gasteiger partial charge is 0.480 e. The highest BCUT2D eigenvalue weighted by Gasteiger charge is 2.18. The summed E-state index contributed by atoms with van der Waals surface area (Å²) < 4.78 is 5.75. The molecule has 1 rings (SSSR count). The molecule has 4 nitrogen and oxygen atoms in total. The topological polar surface area (TPSA) is 50.4 Å². The fraction of sp³-hybridized carbons (Fsp3) is 0.500. The molecule has 1 atom stereocenters. The lowest BCUT2D eigenvalue weighted by atomic mass is 10.2. The van der Waals surface area contributed by atoms with E-state index in [1.54, 1.807) is 0 Å². The lowest BCUT2D eigenvalue weighted by Crippen LogP contribution is -2.40. The summed E-state index contributed by atoms with van der Waals surface area (Å²) in [4.78, 5) is 11.9. The zero-order valence-corrected chi connectivity index (χ0v) is 12.5. The van der Waals surface area contributed by atoms with E-state index in [1.807, 2.05) is 45.2 Å². The summed E-state index contributed by atoms with van der Waals surface area (Å²) in [5.41, 5.74) is 1.04. The van der Waals surface area contributed by atoms with Gasteiger partial charge in [0.05, 0.1) is 0 Å². The summed E-state index contributed by atoms with van der Waals surface area (Å²) >= 11 is 0. The van der Waals surface area contributed by atoms with Gasteiger partial charge in [-0.15, -0.1) is 12.4 Å². The van der Waals surface area contributed by atoms with Crippen LogP contribution >= 0.6 is 12.4 Å². The maximum atomic E-state index is 11.9. The first-order valence-electron chi connectivity index (χ1n) is 6.33. The van der Waals surface area contributed by atoms with Crippen molar-refractivity contribution in [2.75, 3.05) is 20.1 Å². The summed E-state index contributed by atoms with van der Waals surface area (Å²) in [6, 6.07) is 7.73. The molecular weight excluding hydrogens is 264 g/mol. The molecule has 1 amide bonds. The third-order valence-electron chi connectivity index (χ3n) is 2.70. The number of amides is 1. The van der Waals surface area contributed by atoms with Crippen molar-refractivity contribution in [3.63, 3.8) is 0 Å². The number of carbonyl (C=O) groups is 1. The molecule has 0 aromatic heterocycles. The van der Waals surface area contributed by atoms with E-state index in [1.165, 1.54) is 0 Å². The molecule has 2 N–H and O–H groups in total. The maximum absolute atomic E-state index is 11.9. The van der Waals surface area contributed by atoms with Crippen LogP contribution in [0.15, 0.2) is 24.3 Å². The lowest BCUT2D eigenvalue weighted by molar-refractivity contribution is -0.128. The average molecular weight is 287 g/mol. The van der Waals surface area contributed by atoms with Gasteiger partial charge < -0.3 is 15.4 Å². The van der Waals surface area contributed by atoms with Crippen LogP contribution in [0.5, 0.6) is 5.75 Å². The van der Waals surface area contributed by atoms with E-state index in [9.17, 15) is 4.79 Å². The van der Waals surface area contributed by atoms with Gasteiger partial charge in [0.15, 0.2) is 6.10 Å². The molecule has 5 heteroatoms. The predicted octanol–water partition coefficient (Wildman–Crippen LogP) is 1.91. The fourth-order valence-electron chi connectivity index (χ4n) is 1.59.